The summed E-state index contributed by atoms with van der Waals surface area (Å²) in [7, 11) is 0. The molecule has 0 N–H and O–H groups in total. The Bertz CT molecular complexity index is 793. The van der Waals surface area contributed by atoms with Crippen LogP contribution in [0.4, 0.5) is 0 Å². The Hall–Kier alpha value is -2.60. The maximum absolute atomic E-state index is 12.0. The smallest absolute Gasteiger partial charge is 0.363 e. The minimum absolute atomic E-state index is 0.269. The number of hydrogen-bond donors (Lipinski definition) is 0. The van der Waals surface area contributed by atoms with Gasteiger partial charge in [-0.2, -0.15) is 0 Å². The van der Waals surface area contributed by atoms with E-state index in [0.29, 0.717) is 30.6 Å². The maximum atomic E-state index is 12.0. The van der Waals surface area contributed by atoms with Crippen molar-refractivity contribution >= 4 is 29.3 Å². The normalized spacial score (nSPS) is 15.3. The van der Waals surface area contributed by atoms with E-state index < -0.39 is 5.97 Å². The van der Waals surface area contributed by atoms with E-state index >= 15 is 0 Å². The highest BCUT2D eigenvalue weighted by Crippen LogP contribution is 2.30. The number of thiophene rings is 1. The average molecular weight is 343 g/mol. The molecule has 0 amide bonds. The van der Waals surface area contributed by atoms with Crippen molar-refractivity contribution in [1.29, 1.82) is 0 Å². The van der Waals surface area contributed by atoms with Crippen LogP contribution >= 0.6 is 11.3 Å². The molecule has 0 spiro atoms. The molecule has 5 nitrogen and oxygen atoms in total. The van der Waals surface area contributed by atoms with Gasteiger partial charge in [-0.25, -0.2) is 9.79 Å². The van der Waals surface area contributed by atoms with E-state index in [9.17, 15) is 4.79 Å². The second-order valence-corrected chi connectivity index (χ2v) is 5.83. The number of esters is 1. The van der Waals surface area contributed by atoms with Crippen LogP contribution in [0, 0.1) is 0 Å². The molecule has 2 heterocycles. The second-order valence-electron chi connectivity index (χ2n) is 4.89. The van der Waals surface area contributed by atoms with Gasteiger partial charge in [0.1, 0.15) is 0 Å². The summed E-state index contributed by atoms with van der Waals surface area (Å²) >= 11 is 1.48. The van der Waals surface area contributed by atoms with Crippen LogP contribution in [-0.4, -0.2) is 25.1 Å². The van der Waals surface area contributed by atoms with Crippen LogP contribution in [0.15, 0.2) is 46.4 Å². The molecule has 0 bridgehead atoms. The van der Waals surface area contributed by atoms with E-state index in [-0.39, 0.29) is 5.70 Å². The molecule has 124 valence electrons. The zero-order valence-corrected chi connectivity index (χ0v) is 14.3. The highest BCUT2D eigenvalue weighted by atomic mass is 32.1. The number of ether oxygens (including phenoxy) is 3. The number of benzene rings is 1. The number of cyclic esters (lactones) is 1. The fraction of sp³-hybridized carbons (Fsp3) is 0.222. The van der Waals surface area contributed by atoms with E-state index in [4.69, 9.17) is 14.2 Å². The molecule has 1 aromatic heterocycles. The molecule has 0 atom stereocenters. The third kappa shape index (κ3) is 3.49. The van der Waals surface area contributed by atoms with Gasteiger partial charge >= 0.3 is 5.97 Å². The van der Waals surface area contributed by atoms with Crippen LogP contribution in [0.5, 0.6) is 11.5 Å². The van der Waals surface area contributed by atoms with Gasteiger partial charge < -0.3 is 14.2 Å². The van der Waals surface area contributed by atoms with Crippen molar-refractivity contribution in [3.8, 4) is 11.5 Å². The monoisotopic (exact) mass is 343 g/mol. The molecule has 1 aliphatic heterocycles. The van der Waals surface area contributed by atoms with Crippen molar-refractivity contribution in [2.24, 2.45) is 4.99 Å². The molecule has 6 heteroatoms. The van der Waals surface area contributed by atoms with Crippen molar-refractivity contribution in [2.75, 3.05) is 13.2 Å². The Kier molecular flexibility index (Phi) is 4.96. The van der Waals surface area contributed by atoms with Crippen molar-refractivity contribution in [1.82, 2.24) is 0 Å². The first-order chi connectivity index (χ1) is 11.7. The standard InChI is InChI=1S/C18H17NO4S/c1-3-21-14-8-7-12(11-15(14)22-4-2)10-13-18(20)23-17(19-13)16-6-5-9-24-16/h5-11H,3-4H2,1-2H3/b13-10+. The first kappa shape index (κ1) is 16.3. The van der Waals surface area contributed by atoms with Gasteiger partial charge in [0, 0.05) is 0 Å². The van der Waals surface area contributed by atoms with Gasteiger partial charge in [0.15, 0.2) is 17.2 Å². The van der Waals surface area contributed by atoms with Crippen LogP contribution in [-0.2, 0) is 9.53 Å². The maximum Gasteiger partial charge on any atom is 0.363 e. The molecule has 0 aliphatic carbocycles. The lowest BCUT2D eigenvalue weighted by atomic mass is 10.1. The molecule has 0 unspecified atom stereocenters. The SMILES string of the molecule is CCOc1ccc(/C=C2/N=C(c3cccs3)OC2=O)cc1OCC. The summed E-state index contributed by atoms with van der Waals surface area (Å²) in [5.74, 6) is 1.21. The fourth-order valence-electron chi connectivity index (χ4n) is 2.23. The molecular formula is C18H17NO4S. The number of rotatable bonds is 6. The Balaban J connectivity index is 1.90. The predicted octanol–water partition coefficient (Wildman–Crippen LogP) is 3.89. The van der Waals surface area contributed by atoms with E-state index in [1.54, 1.807) is 6.08 Å². The van der Waals surface area contributed by atoms with Crippen LogP contribution in [0.1, 0.15) is 24.3 Å². The Morgan fingerprint density at radius 1 is 1.17 bits per heavy atom. The van der Waals surface area contributed by atoms with E-state index in [1.807, 2.05) is 49.6 Å². The van der Waals surface area contributed by atoms with Crippen molar-refractivity contribution < 1.29 is 19.0 Å². The largest absolute Gasteiger partial charge is 0.490 e. The van der Waals surface area contributed by atoms with Gasteiger partial charge in [-0.05, 0) is 49.1 Å². The average Bonchev–Trinajstić information content (AvgIpc) is 3.21. The van der Waals surface area contributed by atoms with Crippen molar-refractivity contribution in [3.63, 3.8) is 0 Å². The third-order valence-corrected chi connectivity index (χ3v) is 4.08. The van der Waals surface area contributed by atoms with Gasteiger partial charge in [-0.3, -0.25) is 0 Å². The van der Waals surface area contributed by atoms with E-state index in [0.717, 1.165) is 10.4 Å². The number of carbonyl (C=O) groups is 1. The van der Waals surface area contributed by atoms with Crippen LogP contribution in [0.2, 0.25) is 0 Å². The third-order valence-electron chi connectivity index (χ3n) is 3.22. The zero-order valence-electron chi connectivity index (χ0n) is 13.4. The van der Waals surface area contributed by atoms with Crippen LogP contribution in [0.25, 0.3) is 6.08 Å². The number of hydrogen-bond acceptors (Lipinski definition) is 6. The fourth-order valence-corrected chi connectivity index (χ4v) is 2.88. The predicted molar refractivity (Wildman–Crippen MR) is 93.7 cm³/mol. The van der Waals surface area contributed by atoms with Gasteiger partial charge in [-0.15, -0.1) is 11.3 Å². The molecule has 2 aromatic rings. The first-order valence-electron chi connectivity index (χ1n) is 7.67. The molecule has 1 aliphatic rings. The topological polar surface area (TPSA) is 57.1 Å². The molecular weight excluding hydrogens is 326 g/mol. The van der Waals surface area contributed by atoms with Crippen molar-refractivity contribution in [3.05, 3.63) is 51.8 Å². The molecule has 1 aromatic carbocycles. The van der Waals surface area contributed by atoms with Crippen molar-refractivity contribution in [2.45, 2.75) is 13.8 Å². The lowest BCUT2D eigenvalue weighted by Gasteiger charge is -2.11. The van der Waals surface area contributed by atoms with Gasteiger partial charge in [0.05, 0.1) is 18.1 Å². The summed E-state index contributed by atoms with van der Waals surface area (Å²) in [5, 5.41) is 1.91. The molecule has 0 saturated heterocycles. The van der Waals surface area contributed by atoms with Gasteiger partial charge in [0.25, 0.3) is 0 Å². The minimum atomic E-state index is -0.453. The number of aliphatic imine (C=N–C) groups is 1. The summed E-state index contributed by atoms with van der Waals surface area (Å²) in [6.07, 6.45) is 1.68. The minimum Gasteiger partial charge on any atom is -0.490 e. The highest BCUT2D eigenvalue weighted by Gasteiger charge is 2.24. The summed E-state index contributed by atoms with van der Waals surface area (Å²) in [5.41, 5.74) is 1.06. The molecule has 0 radical (unpaired) electrons. The summed E-state index contributed by atoms with van der Waals surface area (Å²) in [6, 6.07) is 9.26. The lowest BCUT2D eigenvalue weighted by Crippen LogP contribution is -2.03. The molecule has 3 rings (SSSR count). The van der Waals surface area contributed by atoms with Crippen LogP contribution in [0.3, 0.4) is 0 Å². The first-order valence-corrected chi connectivity index (χ1v) is 8.55. The Morgan fingerprint density at radius 3 is 2.67 bits per heavy atom. The molecule has 0 fully saturated rings. The Morgan fingerprint density at radius 2 is 1.96 bits per heavy atom. The zero-order chi connectivity index (χ0) is 16.9. The van der Waals surface area contributed by atoms with Gasteiger partial charge in [0.2, 0.25) is 5.90 Å². The van der Waals surface area contributed by atoms with Crippen LogP contribution < -0.4 is 9.47 Å². The molecule has 24 heavy (non-hydrogen) atoms. The van der Waals surface area contributed by atoms with E-state index in [1.165, 1.54) is 11.3 Å². The lowest BCUT2D eigenvalue weighted by molar-refractivity contribution is -0.129. The summed E-state index contributed by atoms with van der Waals surface area (Å²) in [4.78, 5) is 17.1. The number of carbonyl (C=O) groups excluding carboxylic acids is 1. The quantitative estimate of drug-likeness (QED) is 0.590. The Labute approximate surface area is 144 Å². The molecule has 0 saturated carbocycles. The summed E-state index contributed by atoms with van der Waals surface area (Å²) in [6.45, 7) is 4.91. The van der Waals surface area contributed by atoms with E-state index in [2.05, 4.69) is 4.99 Å². The van der Waals surface area contributed by atoms with Gasteiger partial charge in [-0.1, -0.05) is 12.1 Å². The highest BCUT2D eigenvalue weighted by molar-refractivity contribution is 7.12. The number of nitrogens with zero attached hydrogens (tertiary/aromatic N) is 1. The second kappa shape index (κ2) is 7.31. The summed E-state index contributed by atoms with van der Waals surface area (Å²) < 4.78 is 16.4.